The first-order valence-electron chi connectivity index (χ1n) is 5.26. The molecule has 1 N–H and O–H groups in total. The van der Waals surface area contributed by atoms with E-state index in [-0.39, 0.29) is 5.41 Å². The lowest BCUT2D eigenvalue weighted by Gasteiger charge is -2.28. The highest BCUT2D eigenvalue weighted by Crippen LogP contribution is 2.51. The molecule has 2 atom stereocenters. The number of methoxy groups -OCH3 is 1. The van der Waals surface area contributed by atoms with Crippen molar-refractivity contribution < 1.29 is 19.5 Å². The highest BCUT2D eigenvalue weighted by Gasteiger charge is 2.60. The summed E-state index contributed by atoms with van der Waals surface area (Å²) in [5, 5.41) is 11.6. The zero-order valence-corrected chi connectivity index (χ0v) is 9.98. The lowest BCUT2D eigenvalue weighted by molar-refractivity contribution is -0.216. The van der Waals surface area contributed by atoms with Crippen LogP contribution in [0.25, 0.3) is 0 Å². The average Bonchev–Trinajstić information content (AvgIpc) is 2.59. The van der Waals surface area contributed by atoms with Crippen molar-refractivity contribution in [2.75, 3.05) is 7.11 Å². The first-order chi connectivity index (χ1) is 7.33. The molecule has 0 aromatic carbocycles. The number of carbonyl (C=O) groups excluding carboxylic acids is 1. The first kappa shape index (κ1) is 11.4. The third-order valence-electron chi connectivity index (χ3n) is 3.48. The highest BCUT2D eigenvalue weighted by molar-refractivity contribution is 5.91. The number of carbonyl (C=O) groups is 1. The van der Waals surface area contributed by atoms with Crippen LogP contribution in [0.5, 0.6) is 0 Å². The van der Waals surface area contributed by atoms with Gasteiger partial charge in [0.25, 0.3) is 0 Å². The van der Waals surface area contributed by atoms with Gasteiger partial charge < -0.3 is 14.7 Å². The van der Waals surface area contributed by atoms with Gasteiger partial charge in [-0.1, -0.05) is 13.8 Å². The summed E-state index contributed by atoms with van der Waals surface area (Å²) in [7, 11) is 1.34. The van der Waals surface area contributed by atoms with Crippen LogP contribution in [0.4, 0.5) is 0 Å². The predicted octanol–water partition coefficient (Wildman–Crippen LogP) is 0.797. The van der Waals surface area contributed by atoms with E-state index in [1.165, 1.54) is 18.4 Å². The highest BCUT2D eigenvalue weighted by atomic mass is 16.7. The van der Waals surface area contributed by atoms with Crippen molar-refractivity contribution in [3.8, 4) is 0 Å². The summed E-state index contributed by atoms with van der Waals surface area (Å²) in [5.74, 6) is -0.408. The third kappa shape index (κ3) is 1.28. The van der Waals surface area contributed by atoms with E-state index in [2.05, 4.69) is 0 Å². The molecular formula is C11H17NO4. The van der Waals surface area contributed by atoms with Crippen molar-refractivity contribution in [2.45, 2.75) is 39.0 Å². The molecule has 0 amide bonds. The van der Waals surface area contributed by atoms with Crippen molar-refractivity contribution in [3.05, 3.63) is 11.8 Å². The van der Waals surface area contributed by atoms with Crippen LogP contribution in [0.3, 0.4) is 0 Å². The van der Waals surface area contributed by atoms with Crippen molar-refractivity contribution in [1.82, 2.24) is 5.06 Å². The molecule has 0 radical (unpaired) electrons. The largest absolute Gasteiger partial charge is 0.466 e. The Labute approximate surface area is 94.6 Å². The maximum atomic E-state index is 11.6. The van der Waals surface area contributed by atoms with Crippen LogP contribution in [0.1, 0.15) is 27.2 Å². The minimum Gasteiger partial charge on any atom is -0.466 e. The van der Waals surface area contributed by atoms with E-state index < -0.39 is 17.7 Å². The van der Waals surface area contributed by atoms with Crippen molar-refractivity contribution in [2.24, 2.45) is 5.41 Å². The first-order valence-corrected chi connectivity index (χ1v) is 5.26. The molecule has 1 fully saturated rings. The topological polar surface area (TPSA) is 59.0 Å². The minimum atomic E-state index is -0.726. The van der Waals surface area contributed by atoms with Gasteiger partial charge in [-0.3, -0.25) is 0 Å². The normalized spacial score (nSPS) is 36.6. The number of ether oxygens (including phenoxy) is 1. The molecule has 90 valence electrons. The van der Waals surface area contributed by atoms with Crippen LogP contribution in [0.2, 0.25) is 0 Å². The van der Waals surface area contributed by atoms with Gasteiger partial charge in [0.1, 0.15) is 12.5 Å². The quantitative estimate of drug-likeness (QED) is 0.671. The maximum Gasteiger partial charge on any atom is 0.338 e. The Bertz CT molecular complexity index is 363. The minimum absolute atomic E-state index is 0.317. The van der Waals surface area contributed by atoms with Crippen LogP contribution in [-0.4, -0.2) is 35.0 Å². The van der Waals surface area contributed by atoms with E-state index in [4.69, 9.17) is 9.57 Å². The monoisotopic (exact) mass is 227 g/mol. The van der Waals surface area contributed by atoms with E-state index in [1.54, 1.807) is 0 Å². The fraction of sp³-hybridized carbons (Fsp3) is 0.727. The SMILES string of the molecule is COC(=O)C1=CON2[C@@H](O)C(C)(C)C[C@]12C. The molecule has 0 aromatic rings. The van der Waals surface area contributed by atoms with Gasteiger partial charge in [0.15, 0.2) is 0 Å². The summed E-state index contributed by atoms with van der Waals surface area (Å²) in [6.07, 6.45) is 1.28. The molecule has 2 rings (SSSR count). The number of aliphatic hydroxyl groups is 1. The Morgan fingerprint density at radius 1 is 1.62 bits per heavy atom. The number of rotatable bonds is 1. The number of fused-ring (bicyclic) bond motifs is 1. The Morgan fingerprint density at radius 2 is 2.25 bits per heavy atom. The van der Waals surface area contributed by atoms with E-state index >= 15 is 0 Å². The molecule has 0 spiro atoms. The average molecular weight is 227 g/mol. The molecular weight excluding hydrogens is 210 g/mol. The number of hydrogen-bond acceptors (Lipinski definition) is 5. The Kier molecular flexibility index (Phi) is 2.29. The van der Waals surface area contributed by atoms with E-state index in [0.29, 0.717) is 12.0 Å². The fourth-order valence-electron chi connectivity index (χ4n) is 2.65. The lowest BCUT2D eigenvalue weighted by atomic mass is 9.81. The maximum absolute atomic E-state index is 11.6. The molecule has 5 nitrogen and oxygen atoms in total. The third-order valence-corrected chi connectivity index (χ3v) is 3.48. The number of aliphatic hydroxyl groups excluding tert-OH is 1. The van der Waals surface area contributed by atoms with Gasteiger partial charge in [0.05, 0.1) is 18.2 Å². The Balaban J connectivity index is 2.35. The van der Waals surface area contributed by atoms with Gasteiger partial charge in [-0.15, -0.1) is 5.06 Å². The molecule has 5 heteroatoms. The zero-order valence-electron chi connectivity index (χ0n) is 9.98. The van der Waals surface area contributed by atoms with E-state index in [1.807, 2.05) is 20.8 Å². The Morgan fingerprint density at radius 3 is 2.81 bits per heavy atom. The molecule has 2 aliphatic heterocycles. The van der Waals surface area contributed by atoms with Gasteiger partial charge in [0, 0.05) is 5.41 Å². The molecule has 2 aliphatic rings. The van der Waals surface area contributed by atoms with E-state index in [9.17, 15) is 9.90 Å². The smallest absolute Gasteiger partial charge is 0.338 e. The molecule has 0 bridgehead atoms. The summed E-state index contributed by atoms with van der Waals surface area (Å²) in [5.41, 5.74) is -0.460. The number of hydroxylamine groups is 2. The van der Waals surface area contributed by atoms with Crippen LogP contribution in [0.15, 0.2) is 11.8 Å². The second-order valence-electron chi connectivity index (χ2n) is 5.27. The van der Waals surface area contributed by atoms with Crippen LogP contribution in [0, 0.1) is 5.41 Å². The fourth-order valence-corrected chi connectivity index (χ4v) is 2.65. The van der Waals surface area contributed by atoms with Gasteiger partial charge in [0.2, 0.25) is 0 Å². The molecule has 0 aliphatic carbocycles. The molecule has 0 saturated carbocycles. The van der Waals surface area contributed by atoms with Gasteiger partial charge in [-0.25, -0.2) is 4.79 Å². The van der Waals surface area contributed by atoms with Crippen molar-refractivity contribution in [1.29, 1.82) is 0 Å². The standard InChI is InChI=1S/C11H17NO4/c1-10(2)6-11(3)7(8(13)15-4)5-16-12(11)9(10)14/h5,9,14H,6H2,1-4H3/t9-,11+/m0/s1. The molecule has 0 aromatic heterocycles. The second kappa shape index (κ2) is 3.21. The second-order valence-corrected chi connectivity index (χ2v) is 5.27. The number of nitrogens with zero attached hydrogens (tertiary/aromatic N) is 1. The van der Waals surface area contributed by atoms with Crippen molar-refractivity contribution in [3.63, 3.8) is 0 Å². The predicted molar refractivity (Wildman–Crippen MR) is 55.8 cm³/mol. The zero-order chi connectivity index (χ0) is 12.1. The summed E-state index contributed by atoms with van der Waals surface area (Å²) in [6, 6.07) is 0. The number of hydrogen-bond donors (Lipinski definition) is 1. The van der Waals surface area contributed by atoms with Gasteiger partial charge in [-0.05, 0) is 13.3 Å². The molecule has 16 heavy (non-hydrogen) atoms. The van der Waals surface area contributed by atoms with Crippen LogP contribution < -0.4 is 0 Å². The molecule has 0 unspecified atom stereocenters. The van der Waals surface area contributed by atoms with Gasteiger partial charge >= 0.3 is 5.97 Å². The van der Waals surface area contributed by atoms with Gasteiger partial charge in [-0.2, -0.15) is 0 Å². The van der Waals surface area contributed by atoms with Crippen molar-refractivity contribution >= 4 is 5.97 Å². The summed E-state index contributed by atoms with van der Waals surface area (Å²) in [6.45, 7) is 5.76. The van der Waals surface area contributed by atoms with E-state index in [0.717, 1.165) is 0 Å². The Hall–Kier alpha value is -1.07. The number of esters is 1. The van der Waals surface area contributed by atoms with Crippen LogP contribution >= 0.6 is 0 Å². The summed E-state index contributed by atoms with van der Waals surface area (Å²) in [4.78, 5) is 16.9. The van der Waals surface area contributed by atoms with Crippen LogP contribution in [-0.2, 0) is 14.4 Å². The summed E-state index contributed by atoms with van der Waals surface area (Å²) < 4.78 is 4.72. The summed E-state index contributed by atoms with van der Waals surface area (Å²) >= 11 is 0. The lowest BCUT2D eigenvalue weighted by Crippen LogP contribution is -2.43. The molecule has 2 heterocycles. The molecule has 1 saturated heterocycles.